The van der Waals surface area contributed by atoms with Crippen molar-refractivity contribution in [1.82, 2.24) is 25.4 Å². The quantitative estimate of drug-likeness (QED) is 0.605. The molecule has 0 radical (unpaired) electrons. The third-order valence-electron chi connectivity index (χ3n) is 2.18. The van der Waals surface area contributed by atoms with Crippen LogP contribution in [0.2, 0.25) is 0 Å². The summed E-state index contributed by atoms with van der Waals surface area (Å²) >= 11 is 0. The Hall–Kier alpha value is -0.940. The van der Waals surface area contributed by atoms with Gasteiger partial charge in [0.1, 0.15) is 12.7 Å². The highest BCUT2D eigenvalue weighted by atomic mass is 15.3. The Kier molecular flexibility index (Phi) is 5.96. The van der Waals surface area contributed by atoms with Gasteiger partial charge in [-0.25, -0.2) is 4.98 Å². The van der Waals surface area contributed by atoms with E-state index in [0.29, 0.717) is 6.04 Å². The monoisotopic (exact) mass is 211 g/mol. The molecule has 5 heteroatoms. The summed E-state index contributed by atoms with van der Waals surface area (Å²) in [4.78, 5) is 3.89. The average Bonchev–Trinajstić information content (AvgIpc) is 2.71. The molecule has 0 aliphatic carbocycles. The molecule has 5 nitrogen and oxygen atoms in total. The lowest BCUT2D eigenvalue weighted by Gasteiger charge is -2.14. The van der Waals surface area contributed by atoms with Crippen LogP contribution in [0.3, 0.4) is 0 Å². The maximum atomic E-state index is 4.04. The summed E-state index contributed by atoms with van der Waals surface area (Å²) in [7, 11) is 0. The number of hydrogen-bond acceptors (Lipinski definition) is 4. The molecule has 0 aliphatic rings. The van der Waals surface area contributed by atoms with Gasteiger partial charge in [-0.2, -0.15) is 5.10 Å². The second kappa shape index (κ2) is 7.36. The molecule has 0 bridgehead atoms. The van der Waals surface area contributed by atoms with E-state index in [1.165, 1.54) is 6.42 Å². The fourth-order valence-corrected chi connectivity index (χ4v) is 1.34. The molecule has 1 heterocycles. The molecule has 0 aliphatic heterocycles. The van der Waals surface area contributed by atoms with E-state index >= 15 is 0 Å². The predicted octanol–water partition coefficient (Wildman–Crippen LogP) is 0.256. The van der Waals surface area contributed by atoms with E-state index in [4.69, 9.17) is 0 Å². The zero-order valence-electron chi connectivity index (χ0n) is 9.61. The Balaban J connectivity index is 1.99. The highest BCUT2D eigenvalue weighted by Crippen LogP contribution is 1.82. The first-order valence-electron chi connectivity index (χ1n) is 5.59. The van der Waals surface area contributed by atoms with Gasteiger partial charge in [-0.15, -0.1) is 0 Å². The second-order valence-electron chi connectivity index (χ2n) is 3.72. The first kappa shape index (κ1) is 12.1. The van der Waals surface area contributed by atoms with Gasteiger partial charge >= 0.3 is 0 Å². The number of hydrogen-bond donors (Lipinski definition) is 2. The summed E-state index contributed by atoms with van der Waals surface area (Å²) in [6.45, 7) is 8.27. The lowest BCUT2D eigenvalue weighted by Crippen LogP contribution is -2.38. The van der Waals surface area contributed by atoms with Crippen LogP contribution in [0.25, 0.3) is 0 Å². The molecule has 0 saturated carbocycles. The van der Waals surface area contributed by atoms with Gasteiger partial charge in [-0.1, -0.05) is 6.92 Å². The molecule has 0 aromatic carbocycles. The Morgan fingerprint density at radius 2 is 2.27 bits per heavy atom. The van der Waals surface area contributed by atoms with Gasteiger partial charge in [0.25, 0.3) is 0 Å². The summed E-state index contributed by atoms with van der Waals surface area (Å²) in [6, 6.07) is 0.500. The van der Waals surface area contributed by atoms with Crippen LogP contribution in [-0.4, -0.2) is 40.4 Å². The maximum Gasteiger partial charge on any atom is 0.137 e. The second-order valence-corrected chi connectivity index (χ2v) is 3.72. The van der Waals surface area contributed by atoms with E-state index in [1.807, 2.05) is 4.68 Å². The number of rotatable bonds is 8. The molecule has 15 heavy (non-hydrogen) atoms. The summed E-state index contributed by atoms with van der Waals surface area (Å²) in [5.74, 6) is 0. The van der Waals surface area contributed by atoms with Crippen LogP contribution < -0.4 is 10.6 Å². The maximum absolute atomic E-state index is 4.04. The van der Waals surface area contributed by atoms with Crippen molar-refractivity contribution in [1.29, 1.82) is 0 Å². The van der Waals surface area contributed by atoms with Gasteiger partial charge in [0.15, 0.2) is 0 Å². The summed E-state index contributed by atoms with van der Waals surface area (Å²) in [5, 5.41) is 10.8. The van der Waals surface area contributed by atoms with Crippen molar-refractivity contribution < 1.29 is 0 Å². The molecule has 1 aromatic heterocycles. The smallest absolute Gasteiger partial charge is 0.137 e. The zero-order valence-corrected chi connectivity index (χ0v) is 9.61. The third kappa shape index (κ3) is 5.49. The molecule has 0 amide bonds. The minimum Gasteiger partial charge on any atom is -0.315 e. The summed E-state index contributed by atoms with van der Waals surface area (Å²) < 4.78 is 1.83. The fourth-order valence-electron chi connectivity index (χ4n) is 1.34. The van der Waals surface area contributed by atoms with Gasteiger partial charge in [0.2, 0.25) is 0 Å². The van der Waals surface area contributed by atoms with Crippen molar-refractivity contribution in [3.05, 3.63) is 12.7 Å². The van der Waals surface area contributed by atoms with E-state index in [1.54, 1.807) is 12.7 Å². The van der Waals surface area contributed by atoms with E-state index in [0.717, 1.165) is 26.2 Å². The average molecular weight is 211 g/mol. The molecule has 86 valence electrons. The van der Waals surface area contributed by atoms with Crippen LogP contribution in [-0.2, 0) is 6.54 Å². The largest absolute Gasteiger partial charge is 0.315 e. The van der Waals surface area contributed by atoms with Crippen molar-refractivity contribution in [3.63, 3.8) is 0 Å². The molecular weight excluding hydrogens is 190 g/mol. The minimum atomic E-state index is 0.500. The molecule has 1 rings (SSSR count). The van der Waals surface area contributed by atoms with Gasteiger partial charge < -0.3 is 10.6 Å². The highest BCUT2D eigenvalue weighted by molar-refractivity contribution is 4.64. The lowest BCUT2D eigenvalue weighted by molar-refractivity contribution is 0.470. The van der Waals surface area contributed by atoms with Crippen LogP contribution in [0.1, 0.15) is 20.3 Å². The predicted molar refractivity (Wildman–Crippen MR) is 60.6 cm³/mol. The molecule has 0 saturated heterocycles. The lowest BCUT2D eigenvalue weighted by atomic mass is 10.3. The van der Waals surface area contributed by atoms with E-state index in [2.05, 4.69) is 34.6 Å². The molecule has 1 unspecified atom stereocenters. The Morgan fingerprint density at radius 1 is 1.40 bits per heavy atom. The number of nitrogens with one attached hydrogen (secondary N) is 2. The first-order chi connectivity index (χ1) is 7.33. The normalized spacial score (nSPS) is 12.9. The SMILES string of the molecule is CCCNCC(C)NCCn1cncn1. The summed E-state index contributed by atoms with van der Waals surface area (Å²) in [6.07, 6.45) is 4.49. The van der Waals surface area contributed by atoms with E-state index < -0.39 is 0 Å². The molecule has 1 aromatic rings. The zero-order chi connectivity index (χ0) is 10.9. The molecule has 0 fully saturated rings. The van der Waals surface area contributed by atoms with Crippen molar-refractivity contribution in [2.24, 2.45) is 0 Å². The molecular formula is C10H21N5. The first-order valence-corrected chi connectivity index (χ1v) is 5.59. The third-order valence-corrected chi connectivity index (χ3v) is 2.18. The topological polar surface area (TPSA) is 54.8 Å². The van der Waals surface area contributed by atoms with Crippen LogP contribution in [0.15, 0.2) is 12.7 Å². The van der Waals surface area contributed by atoms with Crippen molar-refractivity contribution in [2.45, 2.75) is 32.9 Å². The number of nitrogens with zero attached hydrogens (tertiary/aromatic N) is 3. The van der Waals surface area contributed by atoms with Crippen molar-refractivity contribution >= 4 is 0 Å². The van der Waals surface area contributed by atoms with Crippen LogP contribution in [0.5, 0.6) is 0 Å². The van der Waals surface area contributed by atoms with Gasteiger partial charge in [0.05, 0.1) is 6.54 Å². The van der Waals surface area contributed by atoms with Crippen LogP contribution in [0.4, 0.5) is 0 Å². The van der Waals surface area contributed by atoms with Crippen molar-refractivity contribution in [3.8, 4) is 0 Å². The molecule has 0 spiro atoms. The van der Waals surface area contributed by atoms with E-state index in [9.17, 15) is 0 Å². The minimum absolute atomic E-state index is 0.500. The van der Waals surface area contributed by atoms with Gasteiger partial charge in [-0.3, -0.25) is 4.68 Å². The van der Waals surface area contributed by atoms with Gasteiger partial charge in [0, 0.05) is 19.1 Å². The van der Waals surface area contributed by atoms with E-state index in [-0.39, 0.29) is 0 Å². The Morgan fingerprint density at radius 3 is 2.93 bits per heavy atom. The molecule has 1 atom stereocenters. The Bertz CT molecular complexity index is 234. The van der Waals surface area contributed by atoms with Crippen molar-refractivity contribution in [2.75, 3.05) is 19.6 Å². The Labute approximate surface area is 91.3 Å². The van der Waals surface area contributed by atoms with Gasteiger partial charge in [-0.05, 0) is 19.9 Å². The highest BCUT2D eigenvalue weighted by Gasteiger charge is 1.99. The standard InChI is InChI=1S/C10H21N5/c1-3-4-11-7-10(2)13-5-6-15-9-12-8-14-15/h8-11,13H,3-7H2,1-2H3. The van der Waals surface area contributed by atoms with Crippen LogP contribution >= 0.6 is 0 Å². The van der Waals surface area contributed by atoms with Crippen LogP contribution in [0, 0.1) is 0 Å². The molecule has 2 N–H and O–H groups in total. The summed E-state index contributed by atoms with van der Waals surface area (Å²) in [5.41, 5.74) is 0. The fraction of sp³-hybridized carbons (Fsp3) is 0.800. The number of aromatic nitrogens is 3.